The molecular formula is C21H17NO3S. The summed E-state index contributed by atoms with van der Waals surface area (Å²) in [7, 11) is -3.70. The van der Waals surface area contributed by atoms with Crippen molar-refractivity contribution >= 4 is 27.6 Å². The van der Waals surface area contributed by atoms with Gasteiger partial charge in [0, 0.05) is 5.56 Å². The number of ketones is 1. The van der Waals surface area contributed by atoms with Crippen LogP contribution in [0, 0.1) is 0 Å². The molecule has 130 valence electrons. The number of rotatable bonds is 6. The van der Waals surface area contributed by atoms with Gasteiger partial charge in [0.25, 0.3) is 10.0 Å². The highest BCUT2D eigenvalue weighted by Gasteiger charge is 2.14. The SMILES string of the molecule is O=C(/C=C/c1ccccc1NS(=O)(=O)c1ccccc1)c1ccccc1. The number of carbonyl (C=O) groups is 1. The van der Waals surface area contributed by atoms with Crippen molar-refractivity contribution in [2.45, 2.75) is 4.90 Å². The lowest BCUT2D eigenvalue weighted by atomic mass is 10.1. The van der Waals surface area contributed by atoms with Crippen molar-refractivity contribution in [1.82, 2.24) is 0 Å². The van der Waals surface area contributed by atoms with Crippen LogP contribution in [-0.2, 0) is 10.0 Å². The van der Waals surface area contributed by atoms with Gasteiger partial charge in [-0.05, 0) is 35.9 Å². The van der Waals surface area contributed by atoms with Crippen LogP contribution in [0.4, 0.5) is 5.69 Å². The monoisotopic (exact) mass is 363 g/mol. The molecule has 3 aromatic carbocycles. The van der Waals surface area contributed by atoms with Crippen molar-refractivity contribution in [3.8, 4) is 0 Å². The van der Waals surface area contributed by atoms with Crippen molar-refractivity contribution in [3.05, 3.63) is 102 Å². The van der Waals surface area contributed by atoms with E-state index in [1.165, 1.54) is 18.2 Å². The van der Waals surface area contributed by atoms with Gasteiger partial charge in [0.1, 0.15) is 0 Å². The second-order valence-corrected chi connectivity index (χ2v) is 7.25. The van der Waals surface area contributed by atoms with Crippen LogP contribution in [0.1, 0.15) is 15.9 Å². The fourth-order valence-corrected chi connectivity index (χ4v) is 3.51. The number of hydrogen-bond donors (Lipinski definition) is 1. The van der Waals surface area contributed by atoms with Gasteiger partial charge in [-0.25, -0.2) is 8.42 Å². The summed E-state index contributed by atoms with van der Waals surface area (Å²) in [5, 5.41) is 0. The number of carbonyl (C=O) groups excluding carboxylic acids is 1. The van der Waals surface area contributed by atoms with Gasteiger partial charge in [0.15, 0.2) is 5.78 Å². The van der Waals surface area contributed by atoms with Crippen molar-refractivity contribution in [2.75, 3.05) is 4.72 Å². The second kappa shape index (κ2) is 7.80. The van der Waals surface area contributed by atoms with Gasteiger partial charge in [-0.2, -0.15) is 0 Å². The average molecular weight is 363 g/mol. The van der Waals surface area contributed by atoms with E-state index >= 15 is 0 Å². The number of benzene rings is 3. The molecule has 5 heteroatoms. The van der Waals surface area contributed by atoms with Crippen molar-refractivity contribution in [1.29, 1.82) is 0 Å². The summed E-state index contributed by atoms with van der Waals surface area (Å²) >= 11 is 0. The third-order valence-electron chi connectivity index (χ3n) is 3.73. The minimum absolute atomic E-state index is 0.147. The maximum absolute atomic E-state index is 12.5. The molecule has 0 radical (unpaired) electrons. The van der Waals surface area contributed by atoms with Crippen LogP contribution < -0.4 is 4.72 Å². The first-order valence-corrected chi connectivity index (χ1v) is 9.49. The van der Waals surface area contributed by atoms with E-state index in [2.05, 4.69) is 4.72 Å². The molecule has 0 bridgehead atoms. The molecule has 0 saturated carbocycles. The molecule has 0 amide bonds. The maximum Gasteiger partial charge on any atom is 0.261 e. The minimum atomic E-state index is -3.70. The van der Waals surface area contributed by atoms with E-state index in [0.717, 1.165) is 0 Å². The van der Waals surface area contributed by atoms with Crippen molar-refractivity contribution < 1.29 is 13.2 Å². The second-order valence-electron chi connectivity index (χ2n) is 5.57. The standard InChI is InChI=1S/C21H17NO3S/c23-21(18-10-3-1-4-11-18)16-15-17-9-7-8-14-20(17)22-26(24,25)19-12-5-2-6-13-19/h1-16,22H/b16-15+. The van der Waals surface area contributed by atoms with Crippen molar-refractivity contribution in [2.24, 2.45) is 0 Å². The van der Waals surface area contributed by atoms with E-state index in [1.54, 1.807) is 72.8 Å². The zero-order chi connectivity index (χ0) is 18.4. The molecule has 0 unspecified atom stereocenters. The zero-order valence-corrected chi connectivity index (χ0v) is 14.7. The largest absolute Gasteiger partial charge is 0.289 e. The molecule has 0 aliphatic heterocycles. The van der Waals surface area contributed by atoms with E-state index in [1.807, 2.05) is 6.07 Å². The highest BCUT2D eigenvalue weighted by atomic mass is 32.2. The summed E-state index contributed by atoms with van der Waals surface area (Å²) in [6, 6.07) is 24.0. The Morgan fingerprint density at radius 2 is 1.35 bits per heavy atom. The Hall–Kier alpha value is -3.18. The number of anilines is 1. The number of para-hydroxylation sites is 1. The molecule has 3 rings (SSSR count). The molecule has 0 aromatic heterocycles. The van der Waals surface area contributed by atoms with Gasteiger partial charge in [0.2, 0.25) is 0 Å². The van der Waals surface area contributed by atoms with Crippen LogP contribution in [0.25, 0.3) is 6.08 Å². The number of sulfonamides is 1. The molecule has 26 heavy (non-hydrogen) atoms. The predicted octanol–water partition coefficient (Wildman–Crippen LogP) is 4.38. The van der Waals surface area contributed by atoms with Crippen LogP contribution >= 0.6 is 0 Å². The Bertz CT molecular complexity index is 1030. The molecule has 0 spiro atoms. The molecule has 3 aromatic rings. The number of hydrogen-bond acceptors (Lipinski definition) is 3. The third-order valence-corrected chi connectivity index (χ3v) is 5.11. The van der Waals surface area contributed by atoms with Crippen LogP contribution in [0.3, 0.4) is 0 Å². The third kappa shape index (κ3) is 4.26. The molecule has 0 heterocycles. The molecule has 0 fully saturated rings. The molecule has 0 aliphatic rings. The van der Waals surface area contributed by atoms with Crippen LogP contribution in [0.2, 0.25) is 0 Å². The number of nitrogens with one attached hydrogen (secondary N) is 1. The zero-order valence-electron chi connectivity index (χ0n) is 13.9. The van der Waals surface area contributed by atoms with Gasteiger partial charge < -0.3 is 0 Å². The lowest BCUT2D eigenvalue weighted by Gasteiger charge is -2.10. The van der Waals surface area contributed by atoms with Gasteiger partial charge in [-0.3, -0.25) is 9.52 Å². The molecule has 4 nitrogen and oxygen atoms in total. The summed E-state index contributed by atoms with van der Waals surface area (Å²) in [5.74, 6) is -0.147. The van der Waals surface area contributed by atoms with Crippen LogP contribution in [-0.4, -0.2) is 14.2 Å². The molecular weight excluding hydrogens is 346 g/mol. The normalized spacial score (nSPS) is 11.4. The molecule has 0 aliphatic carbocycles. The quantitative estimate of drug-likeness (QED) is 0.522. The topological polar surface area (TPSA) is 63.2 Å². The first-order valence-electron chi connectivity index (χ1n) is 8.01. The lowest BCUT2D eigenvalue weighted by Crippen LogP contribution is -2.13. The Balaban J connectivity index is 1.85. The smallest absolute Gasteiger partial charge is 0.261 e. The molecule has 1 N–H and O–H groups in total. The lowest BCUT2D eigenvalue weighted by molar-refractivity contribution is 0.104. The average Bonchev–Trinajstić information content (AvgIpc) is 2.68. The highest BCUT2D eigenvalue weighted by Crippen LogP contribution is 2.21. The van der Waals surface area contributed by atoms with Gasteiger partial charge in [-0.1, -0.05) is 66.7 Å². The Morgan fingerprint density at radius 1 is 0.769 bits per heavy atom. The first kappa shape index (κ1) is 17.6. The Morgan fingerprint density at radius 3 is 2.04 bits per heavy atom. The Kier molecular flexibility index (Phi) is 5.29. The van der Waals surface area contributed by atoms with Gasteiger partial charge in [0.05, 0.1) is 10.6 Å². The van der Waals surface area contributed by atoms with E-state index in [0.29, 0.717) is 16.8 Å². The summed E-state index contributed by atoms with van der Waals surface area (Å²) in [6.45, 7) is 0. The van der Waals surface area contributed by atoms with Gasteiger partial charge in [-0.15, -0.1) is 0 Å². The van der Waals surface area contributed by atoms with Crippen LogP contribution in [0.15, 0.2) is 95.9 Å². The van der Waals surface area contributed by atoms with E-state index in [-0.39, 0.29) is 10.7 Å². The van der Waals surface area contributed by atoms with Gasteiger partial charge >= 0.3 is 0 Å². The van der Waals surface area contributed by atoms with E-state index in [9.17, 15) is 13.2 Å². The molecule has 0 atom stereocenters. The van der Waals surface area contributed by atoms with Crippen molar-refractivity contribution in [3.63, 3.8) is 0 Å². The summed E-state index contributed by atoms with van der Waals surface area (Å²) in [5.41, 5.74) is 1.59. The first-order chi connectivity index (χ1) is 12.6. The fraction of sp³-hybridized carbons (Fsp3) is 0. The van der Waals surface area contributed by atoms with Crippen LogP contribution in [0.5, 0.6) is 0 Å². The van der Waals surface area contributed by atoms with E-state index in [4.69, 9.17) is 0 Å². The molecule has 0 saturated heterocycles. The maximum atomic E-state index is 12.5. The number of allylic oxidation sites excluding steroid dienone is 1. The summed E-state index contributed by atoms with van der Waals surface area (Å²) in [4.78, 5) is 12.4. The highest BCUT2D eigenvalue weighted by molar-refractivity contribution is 7.92. The fourth-order valence-electron chi connectivity index (χ4n) is 2.40. The Labute approximate surface area is 152 Å². The minimum Gasteiger partial charge on any atom is -0.289 e. The summed E-state index contributed by atoms with van der Waals surface area (Å²) in [6.07, 6.45) is 3.04. The predicted molar refractivity (Wildman–Crippen MR) is 103 cm³/mol. The summed E-state index contributed by atoms with van der Waals surface area (Å²) < 4.78 is 27.6. The van der Waals surface area contributed by atoms with E-state index < -0.39 is 10.0 Å².